The highest BCUT2D eigenvalue weighted by Crippen LogP contribution is 2.21. The Labute approximate surface area is 274 Å². The summed E-state index contributed by atoms with van der Waals surface area (Å²) in [6.45, 7) is 7.60. The van der Waals surface area contributed by atoms with Crippen LogP contribution in [0.4, 0.5) is 5.69 Å². The van der Waals surface area contributed by atoms with Gasteiger partial charge >= 0.3 is 17.6 Å². The van der Waals surface area contributed by atoms with E-state index >= 15 is 0 Å². The second-order valence-corrected chi connectivity index (χ2v) is 11.7. The fraction of sp³-hybridized carbons (Fsp3) is 0.484. The Bertz CT molecular complexity index is 1600. The SMILES string of the molecule is CC(=O)N[C@@H](CC(C)C)C(=O)N[C@@H](CCC(=O)O)C(=O)N[C@H](C(=O)N[C@@H](CC(=O)O)C(=O)Nc1ccc2c(C)cc(=O)oc2c1)[C@@H](C)O. The van der Waals surface area contributed by atoms with Gasteiger partial charge in [0.1, 0.15) is 29.8 Å². The predicted octanol–water partition coefficient (Wildman–Crippen LogP) is -0.235. The molecule has 48 heavy (non-hydrogen) atoms. The maximum absolute atomic E-state index is 13.3. The number of nitrogens with one attached hydrogen (secondary N) is 5. The predicted molar refractivity (Wildman–Crippen MR) is 170 cm³/mol. The molecule has 8 N–H and O–H groups in total. The Kier molecular flexibility index (Phi) is 14.2. The molecular formula is C31H41N5O12. The van der Waals surface area contributed by atoms with E-state index in [1.165, 1.54) is 25.1 Å². The Morgan fingerprint density at radius 2 is 1.42 bits per heavy atom. The van der Waals surface area contributed by atoms with Crippen LogP contribution < -0.4 is 32.2 Å². The number of hydrogen-bond acceptors (Lipinski definition) is 10. The van der Waals surface area contributed by atoms with Gasteiger partial charge in [0.25, 0.3) is 0 Å². The molecule has 5 atom stereocenters. The number of amides is 5. The van der Waals surface area contributed by atoms with Crippen molar-refractivity contribution in [2.75, 3.05) is 5.32 Å². The maximum Gasteiger partial charge on any atom is 0.336 e. The fourth-order valence-corrected chi connectivity index (χ4v) is 4.69. The van der Waals surface area contributed by atoms with Gasteiger partial charge in [0.05, 0.1) is 12.5 Å². The van der Waals surface area contributed by atoms with Crippen LogP contribution in [0.1, 0.15) is 58.9 Å². The minimum absolute atomic E-state index is 0.0516. The first-order valence-corrected chi connectivity index (χ1v) is 15.0. The van der Waals surface area contributed by atoms with Gasteiger partial charge in [-0.25, -0.2) is 4.79 Å². The number of benzene rings is 1. The van der Waals surface area contributed by atoms with Crippen LogP contribution in [0.3, 0.4) is 0 Å². The lowest BCUT2D eigenvalue weighted by atomic mass is 10.0. The first-order valence-electron chi connectivity index (χ1n) is 15.0. The van der Waals surface area contributed by atoms with Crippen molar-refractivity contribution < 1.29 is 53.3 Å². The van der Waals surface area contributed by atoms with Crippen LogP contribution in [0.5, 0.6) is 0 Å². The summed E-state index contributed by atoms with van der Waals surface area (Å²) < 4.78 is 5.15. The zero-order valence-electron chi connectivity index (χ0n) is 27.1. The first kappa shape index (κ1) is 38.9. The van der Waals surface area contributed by atoms with E-state index in [2.05, 4.69) is 26.6 Å². The molecule has 1 aromatic carbocycles. The van der Waals surface area contributed by atoms with Crippen molar-refractivity contribution in [2.24, 2.45) is 5.92 Å². The monoisotopic (exact) mass is 675 g/mol. The zero-order valence-corrected chi connectivity index (χ0v) is 27.1. The highest BCUT2D eigenvalue weighted by atomic mass is 16.4. The summed E-state index contributed by atoms with van der Waals surface area (Å²) in [7, 11) is 0. The van der Waals surface area contributed by atoms with Crippen molar-refractivity contribution >= 4 is 58.1 Å². The Morgan fingerprint density at radius 1 is 0.792 bits per heavy atom. The molecule has 0 aliphatic carbocycles. The third-order valence-electron chi connectivity index (χ3n) is 6.97. The third-order valence-corrected chi connectivity index (χ3v) is 6.97. The Morgan fingerprint density at radius 3 is 1.98 bits per heavy atom. The number of aliphatic carboxylic acids is 2. The molecule has 0 saturated carbocycles. The molecule has 1 heterocycles. The highest BCUT2D eigenvalue weighted by Gasteiger charge is 2.34. The lowest BCUT2D eigenvalue weighted by Gasteiger charge is -2.27. The quantitative estimate of drug-likeness (QED) is 0.101. The van der Waals surface area contributed by atoms with Gasteiger partial charge in [-0.15, -0.1) is 0 Å². The number of aliphatic hydroxyl groups excluding tert-OH is 1. The van der Waals surface area contributed by atoms with Gasteiger partial charge in [0, 0.05) is 36.6 Å². The van der Waals surface area contributed by atoms with Gasteiger partial charge in [0.2, 0.25) is 29.5 Å². The number of rotatable bonds is 17. The Balaban J connectivity index is 2.26. The van der Waals surface area contributed by atoms with Crippen LogP contribution in [-0.4, -0.2) is 87.1 Å². The molecule has 2 aromatic rings. The molecule has 0 saturated heterocycles. The molecule has 0 unspecified atom stereocenters. The summed E-state index contributed by atoms with van der Waals surface area (Å²) in [6.07, 6.45) is -3.32. The summed E-state index contributed by atoms with van der Waals surface area (Å²) >= 11 is 0. The standard InChI is InChI=1S/C31H41N5O12/c1-14(2)10-21(32-17(5)38)30(46)34-20(8-9-24(39)40)28(44)36-27(16(4)37)31(47)35-22(13-25(41)42)29(45)33-18-6-7-19-15(3)11-26(43)48-23(19)12-18/h6-7,11-12,14,16,20-22,27,37H,8-10,13H2,1-5H3,(H,32,38)(H,33,45)(H,34,46)(H,35,47)(H,36,44)(H,39,40)(H,41,42)/t16-,20+,21+,22+,27+/m1/s1. The summed E-state index contributed by atoms with van der Waals surface area (Å²) in [5.41, 5.74) is 0.247. The molecule has 0 bridgehead atoms. The van der Waals surface area contributed by atoms with E-state index < -0.39 is 96.6 Å². The van der Waals surface area contributed by atoms with Crippen molar-refractivity contribution in [1.82, 2.24) is 21.3 Å². The van der Waals surface area contributed by atoms with Crippen LogP contribution in [-0.2, 0) is 33.6 Å². The van der Waals surface area contributed by atoms with Gasteiger partial charge in [-0.1, -0.05) is 13.8 Å². The molecule has 17 heteroatoms. The van der Waals surface area contributed by atoms with Gasteiger partial charge < -0.3 is 46.3 Å². The number of aryl methyl sites for hydroxylation is 1. The van der Waals surface area contributed by atoms with Crippen molar-refractivity contribution in [3.8, 4) is 0 Å². The molecule has 5 amide bonds. The van der Waals surface area contributed by atoms with Crippen LogP contribution in [0.2, 0.25) is 0 Å². The number of anilines is 1. The molecule has 0 aliphatic rings. The number of carboxylic acids is 2. The minimum Gasteiger partial charge on any atom is -0.481 e. The molecule has 0 fully saturated rings. The van der Waals surface area contributed by atoms with Gasteiger partial charge in [-0.2, -0.15) is 0 Å². The van der Waals surface area contributed by atoms with E-state index in [1.54, 1.807) is 26.8 Å². The second kappa shape index (κ2) is 17.6. The first-order chi connectivity index (χ1) is 22.4. The molecule has 2 rings (SSSR count). The number of aliphatic hydroxyl groups is 1. The summed E-state index contributed by atoms with van der Waals surface area (Å²) in [5.74, 6) is -7.35. The van der Waals surface area contributed by atoms with Crippen LogP contribution in [0.25, 0.3) is 11.0 Å². The van der Waals surface area contributed by atoms with Crippen LogP contribution in [0.15, 0.2) is 33.5 Å². The van der Waals surface area contributed by atoms with Gasteiger partial charge in [-0.3, -0.25) is 33.6 Å². The van der Waals surface area contributed by atoms with E-state index in [4.69, 9.17) is 4.42 Å². The molecule has 1 aromatic heterocycles. The molecular weight excluding hydrogens is 634 g/mol. The van der Waals surface area contributed by atoms with E-state index in [0.29, 0.717) is 10.9 Å². The highest BCUT2D eigenvalue weighted by molar-refractivity contribution is 6.01. The largest absolute Gasteiger partial charge is 0.481 e. The van der Waals surface area contributed by atoms with E-state index in [1.807, 2.05) is 0 Å². The van der Waals surface area contributed by atoms with E-state index in [0.717, 1.165) is 6.92 Å². The third kappa shape index (κ3) is 12.1. The van der Waals surface area contributed by atoms with Crippen molar-refractivity contribution in [1.29, 1.82) is 0 Å². The Hall–Kier alpha value is -5.32. The van der Waals surface area contributed by atoms with Crippen molar-refractivity contribution in [2.45, 2.75) is 90.6 Å². The maximum atomic E-state index is 13.3. The van der Waals surface area contributed by atoms with Crippen molar-refractivity contribution in [3.63, 3.8) is 0 Å². The van der Waals surface area contributed by atoms with Gasteiger partial charge in [-0.05, 0) is 50.3 Å². The minimum atomic E-state index is -1.79. The number of carboxylic acid groups (broad SMARTS) is 2. The number of fused-ring (bicyclic) bond motifs is 1. The normalized spacial score (nSPS) is 14.1. The average Bonchev–Trinajstić information content (AvgIpc) is 2.95. The number of carbonyl (C=O) groups excluding carboxylic acids is 5. The second-order valence-electron chi connectivity index (χ2n) is 11.7. The summed E-state index contributed by atoms with van der Waals surface area (Å²) in [4.78, 5) is 98.9. The molecule has 17 nitrogen and oxygen atoms in total. The molecule has 262 valence electrons. The van der Waals surface area contributed by atoms with Gasteiger partial charge in [0.15, 0.2) is 0 Å². The summed E-state index contributed by atoms with van der Waals surface area (Å²) in [5, 5.41) is 41.2. The van der Waals surface area contributed by atoms with Crippen LogP contribution >= 0.6 is 0 Å². The average molecular weight is 676 g/mol. The topological polar surface area (TPSA) is 271 Å². The number of carbonyl (C=O) groups is 7. The summed E-state index contributed by atoms with van der Waals surface area (Å²) in [6, 6.07) is -0.437. The lowest BCUT2D eigenvalue weighted by molar-refractivity contribution is -0.141. The fourth-order valence-electron chi connectivity index (χ4n) is 4.69. The number of hydrogen-bond donors (Lipinski definition) is 8. The van der Waals surface area contributed by atoms with Crippen molar-refractivity contribution in [3.05, 3.63) is 40.2 Å². The van der Waals surface area contributed by atoms with E-state index in [-0.39, 0.29) is 23.6 Å². The lowest BCUT2D eigenvalue weighted by Crippen LogP contribution is -2.60. The van der Waals surface area contributed by atoms with E-state index in [9.17, 15) is 53.7 Å². The zero-order chi connectivity index (χ0) is 36.3. The smallest absolute Gasteiger partial charge is 0.336 e. The molecule has 0 aliphatic heterocycles. The molecule has 0 spiro atoms. The molecule has 0 radical (unpaired) electrons. The van der Waals surface area contributed by atoms with Crippen LogP contribution in [0, 0.1) is 12.8 Å².